The molecule has 0 radical (unpaired) electrons. The Morgan fingerprint density at radius 2 is 1.96 bits per heavy atom. The lowest BCUT2D eigenvalue weighted by molar-refractivity contribution is 0.152. The molecule has 2 N–H and O–H groups in total. The summed E-state index contributed by atoms with van der Waals surface area (Å²) < 4.78 is 11.1. The molecule has 138 valence electrons. The van der Waals surface area contributed by atoms with Crippen LogP contribution in [0.5, 0.6) is 5.75 Å². The summed E-state index contributed by atoms with van der Waals surface area (Å²) in [5, 5.41) is 6.50. The number of unbranched alkanes of at least 4 members (excludes halogenated alkanes) is 1. The van der Waals surface area contributed by atoms with Crippen molar-refractivity contribution in [1.29, 1.82) is 0 Å². The molecule has 1 rings (SSSR count). The first kappa shape index (κ1) is 23.0. The van der Waals surface area contributed by atoms with Gasteiger partial charge in [-0.05, 0) is 38.0 Å². The second kappa shape index (κ2) is 15.5. The predicted molar refractivity (Wildman–Crippen MR) is 112 cm³/mol. The van der Waals surface area contributed by atoms with E-state index in [0.29, 0.717) is 13.2 Å². The van der Waals surface area contributed by atoms with Crippen LogP contribution in [0.1, 0.15) is 39.2 Å². The number of halogens is 1. The quantitative estimate of drug-likeness (QED) is 0.235. The minimum Gasteiger partial charge on any atom is -0.494 e. The Labute approximate surface area is 163 Å². The zero-order valence-electron chi connectivity index (χ0n) is 15.1. The van der Waals surface area contributed by atoms with E-state index in [1.807, 2.05) is 19.1 Å². The van der Waals surface area contributed by atoms with Gasteiger partial charge < -0.3 is 20.1 Å². The van der Waals surface area contributed by atoms with Crippen LogP contribution in [0, 0.1) is 0 Å². The van der Waals surface area contributed by atoms with E-state index in [2.05, 4.69) is 41.6 Å². The number of rotatable bonds is 11. The molecule has 0 saturated carbocycles. The summed E-state index contributed by atoms with van der Waals surface area (Å²) in [6, 6.07) is 8.14. The first-order chi connectivity index (χ1) is 11.3. The fraction of sp³-hybridized carbons (Fsp3) is 0.611. The molecule has 0 spiro atoms. The molecule has 0 aliphatic rings. The first-order valence-corrected chi connectivity index (χ1v) is 8.61. The molecule has 0 fully saturated rings. The van der Waals surface area contributed by atoms with E-state index in [0.717, 1.165) is 56.4 Å². The van der Waals surface area contributed by atoms with E-state index in [1.165, 1.54) is 0 Å². The fourth-order valence-corrected chi connectivity index (χ4v) is 1.97. The lowest BCUT2D eigenvalue weighted by Crippen LogP contribution is -2.39. The second-order valence-electron chi connectivity index (χ2n) is 5.17. The molecule has 0 saturated heterocycles. The van der Waals surface area contributed by atoms with Gasteiger partial charge >= 0.3 is 0 Å². The number of aliphatic imine (C=N–C) groups is 1. The minimum absolute atomic E-state index is 0. The van der Waals surface area contributed by atoms with Crippen molar-refractivity contribution in [2.24, 2.45) is 4.99 Å². The van der Waals surface area contributed by atoms with Crippen LogP contribution in [0.25, 0.3) is 0 Å². The van der Waals surface area contributed by atoms with E-state index < -0.39 is 0 Å². The smallest absolute Gasteiger partial charge is 0.191 e. The van der Waals surface area contributed by atoms with Gasteiger partial charge in [-0.1, -0.05) is 25.5 Å². The Hall–Kier alpha value is -1.02. The predicted octanol–water partition coefficient (Wildman–Crippen LogP) is 3.58. The highest BCUT2D eigenvalue weighted by Gasteiger charge is 1.99. The highest BCUT2D eigenvalue weighted by molar-refractivity contribution is 14.0. The molecule has 1 aromatic carbocycles. The lowest BCUT2D eigenvalue weighted by atomic mass is 10.2. The maximum absolute atomic E-state index is 5.74. The minimum atomic E-state index is 0. The molecule has 0 aromatic heterocycles. The van der Waals surface area contributed by atoms with Gasteiger partial charge in [0.2, 0.25) is 0 Å². The van der Waals surface area contributed by atoms with Crippen molar-refractivity contribution in [1.82, 2.24) is 10.6 Å². The fourth-order valence-electron chi connectivity index (χ4n) is 1.97. The number of hydrogen-bond donors (Lipinski definition) is 2. The van der Waals surface area contributed by atoms with Crippen molar-refractivity contribution in [2.45, 2.75) is 40.2 Å². The summed E-state index contributed by atoms with van der Waals surface area (Å²) in [5.74, 6) is 1.73. The Bertz CT molecular complexity index is 456. The molecule has 0 bridgehead atoms. The van der Waals surface area contributed by atoms with Crippen LogP contribution in [-0.2, 0) is 11.3 Å². The third-order valence-corrected chi connectivity index (χ3v) is 3.17. The third kappa shape index (κ3) is 10.7. The van der Waals surface area contributed by atoms with Crippen LogP contribution in [0.3, 0.4) is 0 Å². The first-order valence-electron chi connectivity index (χ1n) is 8.61. The Balaban J connectivity index is 0.00000529. The third-order valence-electron chi connectivity index (χ3n) is 3.17. The molecule has 0 amide bonds. The molecule has 1 aromatic rings. The summed E-state index contributed by atoms with van der Waals surface area (Å²) in [4.78, 5) is 4.60. The SMILES string of the molecule is CCCCOc1cccc(CN=C(NCC)NCCOCC)c1.I. The number of hydrogen-bond acceptors (Lipinski definition) is 3. The van der Waals surface area contributed by atoms with Gasteiger partial charge in [-0.2, -0.15) is 0 Å². The maximum atomic E-state index is 5.74. The summed E-state index contributed by atoms with van der Waals surface area (Å²) in [5.41, 5.74) is 1.14. The molecule has 5 nitrogen and oxygen atoms in total. The van der Waals surface area contributed by atoms with Gasteiger partial charge in [0, 0.05) is 19.7 Å². The van der Waals surface area contributed by atoms with Crippen molar-refractivity contribution in [2.75, 3.05) is 32.9 Å². The summed E-state index contributed by atoms with van der Waals surface area (Å²) >= 11 is 0. The Kier molecular flexibility index (Phi) is 14.8. The van der Waals surface area contributed by atoms with Crippen LogP contribution in [-0.4, -0.2) is 38.9 Å². The van der Waals surface area contributed by atoms with Gasteiger partial charge in [0.05, 0.1) is 19.8 Å². The highest BCUT2D eigenvalue weighted by atomic mass is 127. The van der Waals surface area contributed by atoms with E-state index in [9.17, 15) is 0 Å². The van der Waals surface area contributed by atoms with Crippen LogP contribution < -0.4 is 15.4 Å². The molecule has 0 aliphatic heterocycles. The van der Waals surface area contributed by atoms with Crippen molar-refractivity contribution >= 4 is 29.9 Å². The normalized spacial score (nSPS) is 10.9. The van der Waals surface area contributed by atoms with E-state index in [4.69, 9.17) is 9.47 Å². The average molecular weight is 449 g/mol. The van der Waals surface area contributed by atoms with Gasteiger partial charge in [-0.15, -0.1) is 24.0 Å². The van der Waals surface area contributed by atoms with Gasteiger partial charge in [-0.3, -0.25) is 0 Å². The van der Waals surface area contributed by atoms with Crippen molar-refractivity contribution < 1.29 is 9.47 Å². The topological polar surface area (TPSA) is 54.9 Å². The molecular formula is C18H32IN3O2. The second-order valence-corrected chi connectivity index (χ2v) is 5.17. The summed E-state index contributed by atoms with van der Waals surface area (Å²) in [7, 11) is 0. The summed E-state index contributed by atoms with van der Waals surface area (Å²) in [6.45, 7) is 10.6. The molecule has 24 heavy (non-hydrogen) atoms. The Morgan fingerprint density at radius 3 is 2.67 bits per heavy atom. The maximum Gasteiger partial charge on any atom is 0.191 e. The monoisotopic (exact) mass is 449 g/mol. The molecular weight excluding hydrogens is 417 g/mol. The van der Waals surface area contributed by atoms with Gasteiger partial charge in [-0.25, -0.2) is 4.99 Å². The number of benzene rings is 1. The van der Waals surface area contributed by atoms with Gasteiger partial charge in [0.1, 0.15) is 5.75 Å². The van der Waals surface area contributed by atoms with E-state index >= 15 is 0 Å². The number of guanidine groups is 1. The standard InChI is InChI=1S/C18H31N3O2.HI/c1-4-7-12-23-17-10-8-9-16(14-17)15-21-18(19-5-2)20-11-13-22-6-3;/h8-10,14H,4-7,11-13,15H2,1-3H3,(H2,19,20,21);1H. The highest BCUT2D eigenvalue weighted by Crippen LogP contribution is 2.14. The summed E-state index contributed by atoms with van der Waals surface area (Å²) in [6.07, 6.45) is 2.22. The number of nitrogens with one attached hydrogen (secondary N) is 2. The van der Waals surface area contributed by atoms with Gasteiger partial charge in [0.15, 0.2) is 5.96 Å². The molecule has 6 heteroatoms. The van der Waals surface area contributed by atoms with Crippen molar-refractivity contribution in [3.63, 3.8) is 0 Å². The zero-order valence-corrected chi connectivity index (χ0v) is 17.5. The molecule has 0 unspecified atom stereocenters. The van der Waals surface area contributed by atoms with E-state index in [1.54, 1.807) is 0 Å². The van der Waals surface area contributed by atoms with Crippen LogP contribution in [0.15, 0.2) is 29.3 Å². The molecule has 0 heterocycles. The van der Waals surface area contributed by atoms with Gasteiger partial charge in [0.25, 0.3) is 0 Å². The lowest BCUT2D eigenvalue weighted by Gasteiger charge is -2.11. The number of ether oxygens (including phenoxy) is 2. The van der Waals surface area contributed by atoms with Crippen molar-refractivity contribution in [3.05, 3.63) is 29.8 Å². The van der Waals surface area contributed by atoms with Crippen LogP contribution in [0.2, 0.25) is 0 Å². The molecule has 0 atom stereocenters. The number of nitrogens with zero attached hydrogens (tertiary/aromatic N) is 1. The zero-order chi connectivity index (χ0) is 16.8. The average Bonchev–Trinajstić information content (AvgIpc) is 2.57. The van der Waals surface area contributed by atoms with Crippen LogP contribution >= 0.6 is 24.0 Å². The largest absolute Gasteiger partial charge is 0.494 e. The van der Waals surface area contributed by atoms with Crippen LogP contribution in [0.4, 0.5) is 0 Å². The van der Waals surface area contributed by atoms with E-state index in [-0.39, 0.29) is 24.0 Å². The Morgan fingerprint density at radius 1 is 1.12 bits per heavy atom. The molecule has 0 aliphatic carbocycles. The van der Waals surface area contributed by atoms with Crippen molar-refractivity contribution in [3.8, 4) is 5.75 Å².